The number of nitrogens with one attached hydrogen (secondary N) is 1. The summed E-state index contributed by atoms with van der Waals surface area (Å²) in [6.07, 6.45) is -1.09. The minimum atomic E-state index is -4.78. The van der Waals surface area contributed by atoms with E-state index in [0.29, 0.717) is 24.9 Å². The lowest BCUT2D eigenvalue weighted by atomic mass is 9.78. The number of alkyl halides is 3. The highest BCUT2D eigenvalue weighted by atomic mass is 19.4. The lowest BCUT2D eigenvalue weighted by Gasteiger charge is -2.46. The summed E-state index contributed by atoms with van der Waals surface area (Å²) in [5.74, 6) is -1.17. The molecule has 0 saturated carbocycles. The summed E-state index contributed by atoms with van der Waals surface area (Å²) in [6, 6.07) is 7.66. The van der Waals surface area contributed by atoms with Gasteiger partial charge in [-0.2, -0.15) is 18.4 Å². The zero-order valence-electron chi connectivity index (χ0n) is 22.0. The van der Waals surface area contributed by atoms with Gasteiger partial charge < -0.3 is 14.8 Å². The van der Waals surface area contributed by atoms with Gasteiger partial charge >= 0.3 is 6.18 Å². The molecule has 1 aromatic carbocycles. The molecule has 200 valence electrons. The number of anilines is 1. The van der Waals surface area contributed by atoms with E-state index in [1.807, 2.05) is 38.7 Å². The molecule has 2 amide bonds. The number of piperidine rings is 1. The number of pyridine rings is 1. The van der Waals surface area contributed by atoms with Crippen LogP contribution in [0.15, 0.2) is 36.7 Å². The van der Waals surface area contributed by atoms with Gasteiger partial charge in [0.25, 0.3) is 5.91 Å². The Hall–Kier alpha value is -3.87. The van der Waals surface area contributed by atoms with Crippen LogP contribution < -0.4 is 5.32 Å². The molecule has 1 N–H and O–H groups in total. The first-order chi connectivity index (χ1) is 17.7. The number of rotatable bonds is 4. The Morgan fingerprint density at radius 2 is 1.97 bits per heavy atom. The molecular formula is C28H30F3N5O2. The molecule has 7 nitrogen and oxygen atoms in total. The summed E-state index contributed by atoms with van der Waals surface area (Å²) in [7, 11) is 1.65. The zero-order valence-corrected chi connectivity index (χ0v) is 22.0. The predicted octanol–water partition coefficient (Wildman–Crippen LogP) is 5.86. The van der Waals surface area contributed by atoms with Crippen LogP contribution in [0, 0.1) is 17.2 Å². The highest BCUT2D eigenvalue weighted by Gasteiger charge is 2.42. The SMILES string of the molecule is CC(C)C(=O)N1CCC(c2cn(C)c3ncc(NC(=O)c4cccc(C#N)c4)c(C(F)(F)F)c23)CC1(C)C. The van der Waals surface area contributed by atoms with Crippen LogP contribution in [0.5, 0.6) is 0 Å². The van der Waals surface area contributed by atoms with E-state index in [2.05, 4.69) is 10.3 Å². The molecule has 4 rings (SSSR count). The van der Waals surface area contributed by atoms with Gasteiger partial charge in [-0.05, 0) is 56.4 Å². The van der Waals surface area contributed by atoms with Gasteiger partial charge in [0.15, 0.2) is 0 Å². The summed E-state index contributed by atoms with van der Waals surface area (Å²) in [5, 5.41) is 11.4. The fraction of sp³-hybridized carbons (Fsp3) is 0.429. The Morgan fingerprint density at radius 1 is 1.26 bits per heavy atom. The normalized spacial score (nSPS) is 17.5. The first-order valence-corrected chi connectivity index (χ1v) is 12.4. The average molecular weight is 526 g/mol. The minimum Gasteiger partial charge on any atom is -0.337 e. The first-order valence-electron chi connectivity index (χ1n) is 12.4. The molecule has 1 atom stereocenters. The van der Waals surface area contributed by atoms with Crippen molar-refractivity contribution in [3.05, 3.63) is 58.9 Å². The third kappa shape index (κ3) is 4.97. The number of nitrogens with zero attached hydrogens (tertiary/aromatic N) is 4. The van der Waals surface area contributed by atoms with Crippen molar-refractivity contribution in [1.82, 2.24) is 14.5 Å². The van der Waals surface area contributed by atoms with Crippen LogP contribution in [0.3, 0.4) is 0 Å². The van der Waals surface area contributed by atoms with Crippen LogP contribution in [-0.4, -0.2) is 38.3 Å². The molecule has 0 radical (unpaired) electrons. The van der Waals surface area contributed by atoms with Crippen molar-refractivity contribution in [3.8, 4) is 6.07 Å². The number of aromatic nitrogens is 2. The molecule has 3 aromatic rings. The lowest BCUT2D eigenvalue weighted by molar-refractivity contribution is -0.142. The second-order valence-corrected chi connectivity index (χ2v) is 10.7. The van der Waals surface area contributed by atoms with E-state index in [1.165, 1.54) is 24.3 Å². The predicted molar refractivity (Wildman–Crippen MR) is 137 cm³/mol. The van der Waals surface area contributed by atoms with Gasteiger partial charge in [0, 0.05) is 42.2 Å². The number of halogens is 3. The number of hydrogen-bond donors (Lipinski definition) is 1. The van der Waals surface area contributed by atoms with Crippen molar-refractivity contribution in [2.75, 3.05) is 11.9 Å². The summed E-state index contributed by atoms with van der Waals surface area (Å²) < 4.78 is 45.5. The maximum Gasteiger partial charge on any atom is 0.419 e. The van der Waals surface area contributed by atoms with Gasteiger partial charge in [-0.1, -0.05) is 19.9 Å². The van der Waals surface area contributed by atoms with E-state index < -0.39 is 28.9 Å². The second-order valence-electron chi connectivity index (χ2n) is 10.7. The Bertz CT molecular complexity index is 1450. The largest absolute Gasteiger partial charge is 0.419 e. The number of nitriles is 1. The van der Waals surface area contributed by atoms with E-state index in [4.69, 9.17) is 5.26 Å². The van der Waals surface area contributed by atoms with Crippen molar-refractivity contribution in [3.63, 3.8) is 0 Å². The van der Waals surface area contributed by atoms with Crippen molar-refractivity contribution >= 4 is 28.5 Å². The molecule has 0 spiro atoms. The molecule has 1 aliphatic heterocycles. The molecule has 1 aliphatic rings. The maximum absolute atomic E-state index is 14.6. The van der Waals surface area contributed by atoms with Gasteiger partial charge in [-0.3, -0.25) is 9.59 Å². The maximum atomic E-state index is 14.6. The van der Waals surface area contributed by atoms with Gasteiger partial charge in [0.1, 0.15) is 5.65 Å². The van der Waals surface area contributed by atoms with Gasteiger partial charge in [0.05, 0.1) is 29.1 Å². The van der Waals surface area contributed by atoms with Crippen LogP contribution in [0.2, 0.25) is 0 Å². The topological polar surface area (TPSA) is 91.0 Å². The molecule has 38 heavy (non-hydrogen) atoms. The minimum absolute atomic E-state index is 0.0227. The van der Waals surface area contributed by atoms with Crippen LogP contribution in [0.1, 0.15) is 73.5 Å². The number of aryl methyl sites for hydroxylation is 1. The van der Waals surface area contributed by atoms with Gasteiger partial charge in [-0.15, -0.1) is 0 Å². The van der Waals surface area contributed by atoms with Crippen LogP contribution in [-0.2, 0) is 18.0 Å². The number of carbonyl (C=O) groups excluding carboxylic acids is 2. The van der Waals surface area contributed by atoms with Crippen LogP contribution in [0.25, 0.3) is 11.0 Å². The standard InChI is InChI=1S/C28H30F3N5O2/c1-16(2)26(38)36-10-9-19(12-27(36,3)4)20-15-35(5)24-22(20)23(28(29,30)31)21(14-33-24)34-25(37)18-8-6-7-17(11-18)13-32/h6-8,11,14-16,19H,9-10,12H2,1-5H3,(H,34,37). The number of fused-ring (bicyclic) bond motifs is 1. The highest BCUT2D eigenvalue weighted by Crippen LogP contribution is 2.46. The number of hydrogen-bond acceptors (Lipinski definition) is 4. The number of carbonyl (C=O) groups is 2. The molecular weight excluding hydrogens is 495 g/mol. The lowest BCUT2D eigenvalue weighted by Crippen LogP contribution is -2.53. The molecule has 1 saturated heterocycles. The van der Waals surface area contributed by atoms with E-state index in [1.54, 1.807) is 17.8 Å². The molecule has 1 fully saturated rings. The van der Waals surface area contributed by atoms with E-state index in [9.17, 15) is 22.8 Å². The Morgan fingerprint density at radius 3 is 2.58 bits per heavy atom. The van der Waals surface area contributed by atoms with Crippen molar-refractivity contribution in [1.29, 1.82) is 5.26 Å². The fourth-order valence-corrected chi connectivity index (χ4v) is 5.39. The van der Waals surface area contributed by atoms with E-state index in [0.717, 1.165) is 6.20 Å². The van der Waals surface area contributed by atoms with Crippen LogP contribution >= 0.6 is 0 Å². The fourth-order valence-electron chi connectivity index (χ4n) is 5.39. The second kappa shape index (κ2) is 9.78. The van der Waals surface area contributed by atoms with Gasteiger partial charge in [0.2, 0.25) is 5.91 Å². The number of benzene rings is 1. The summed E-state index contributed by atoms with van der Waals surface area (Å²) in [5.41, 5.74) is -1.01. The van der Waals surface area contributed by atoms with Crippen LogP contribution in [0.4, 0.5) is 18.9 Å². The molecule has 2 aromatic heterocycles. The molecule has 10 heteroatoms. The molecule has 0 bridgehead atoms. The number of amides is 2. The quantitative estimate of drug-likeness (QED) is 0.462. The third-order valence-corrected chi connectivity index (χ3v) is 7.18. The van der Waals surface area contributed by atoms with Gasteiger partial charge in [-0.25, -0.2) is 4.98 Å². The highest BCUT2D eigenvalue weighted by molar-refractivity contribution is 6.06. The zero-order chi connectivity index (χ0) is 28.0. The summed E-state index contributed by atoms with van der Waals surface area (Å²) in [6.45, 7) is 7.99. The number of likely N-dealkylation sites (tertiary alicyclic amines) is 1. The smallest absolute Gasteiger partial charge is 0.337 e. The molecule has 3 heterocycles. The Labute approximate surface area is 219 Å². The molecule has 0 aliphatic carbocycles. The summed E-state index contributed by atoms with van der Waals surface area (Å²) >= 11 is 0. The third-order valence-electron chi connectivity index (χ3n) is 7.18. The van der Waals surface area contributed by atoms with Crippen molar-refractivity contribution in [2.24, 2.45) is 13.0 Å². The van der Waals surface area contributed by atoms with E-state index in [-0.39, 0.29) is 39.9 Å². The summed E-state index contributed by atoms with van der Waals surface area (Å²) in [4.78, 5) is 31.7. The first kappa shape index (κ1) is 27.2. The monoisotopic (exact) mass is 525 g/mol. The Balaban J connectivity index is 1.79. The van der Waals surface area contributed by atoms with Crippen molar-refractivity contribution in [2.45, 2.75) is 58.2 Å². The Kier molecular flexibility index (Phi) is 6.99. The van der Waals surface area contributed by atoms with Crippen molar-refractivity contribution < 1.29 is 22.8 Å². The van der Waals surface area contributed by atoms with E-state index >= 15 is 0 Å². The molecule has 1 unspecified atom stereocenters. The average Bonchev–Trinajstić information content (AvgIpc) is 3.18.